The molecule has 0 aliphatic rings. The average Bonchev–Trinajstić information content (AvgIpc) is 3.48. The second-order valence-electron chi connectivity index (χ2n) is 9.80. The van der Waals surface area contributed by atoms with Gasteiger partial charge in [0.15, 0.2) is 0 Å². The molecule has 1 aromatic carbocycles. The standard InChI is InChI=1S/C31H53N4O10S/c1-28-27-29(3-4-30(28)32-33-31-34(2)7-26-46-31)35(5-10-38-14-18-42-22-24-44-20-16-40-12-8-36)6-11-39-15-19-43-23-25-45-21-17-41-13-9-37/h3-4,7,26-27,36-37H,5-6,8-25H2,1-2H3/q+1. The molecule has 15 heteroatoms. The van der Waals surface area contributed by atoms with E-state index in [9.17, 15) is 0 Å². The topological polar surface area (TPSA) is 146 Å². The number of hydrogen-bond acceptors (Lipinski definition) is 14. The van der Waals surface area contributed by atoms with Crippen LogP contribution in [-0.4, -0.2) is 142 Å². The molecular formula is C31H53N4O10S+. The minimum Gasteiger partial charge on any atom is -0.394 e. The highest BCUT2D eigenvalue weighted by atomic mass is 32.1. The zero-order chi connectivity index (χ0) is 32.9. The Kier molecular flexibility index (Phi) is 24.3. The Balaban J connectivity index is 1.71. The van der Waals surface area contributed by atoms with Crippen LogP contribution in [0.5, 0.6) is 0 Å². The fraction of sp³-hybridized carbons (Fsp3) is 0.710. The Morgan fingerprint density at radius 1 is 0.630 bits per heavy atom. The molecule has 46 heavy (non-hydrogen) atoms. The number of aryl methyl sites for hydroxylation is 2. The molecule has 2 rings (SSSR count). The third-order valence-corrected chi connectivity index (χ3v) is 7.10. The van der Waals surface area contributed by atoms with Gasteiger partial charge in [0, 0.05) is 24.2 Å². The van der Waals surface area contributed by atoms with Crippen molar-refractivity contribution in [2.75, 3.05) is 137 Å². The van der Waals surface area contributed by atoms with Crippen LogP contribution in [0.15, 0.2) is 40.0 Å². The molecule has 1 heterocycles. The molecule has 2 aromatic rings. The maximum atomic E-state index is 8.68. The third kappa shape index (κ3) is 19.5. The number of aliphatic hydroxyl groups is 2. The van der Waals surface area contributed by atoms with Crippen molar-refractivity contribution >= 4 is 27.8 Å². The largest absolute Gasteiger partial charge is 0.408 e. The molecule has 0 bridgehead atoms. The number of azo groups is 1. The summed E-state index contributed by atoms with van der Waals surface area (Å²) in [5, 5.41) is 29.0. The van der Waals surface area contributed by atoms with Crippen LogP contribution in [0.4, 0.5) is 16.5 Å². The van der Waals surface area contributed by atoms with E-state index in [0.29, 0.717) is 119 Å². The van der Waals surface area contributed by atoms with E-state index in [-0.39, 0.29) is 13.2 Å². The lowest BCUT2D eigenvalue weighted by Gasteiger charge is -2.25. The molecule has 0 fully saturated rings. The van der Waals surface area contributed by atoms with Crippen LogP contribution >= 0.6 is 11.3 Å². The molecule has 0 saturated carbocycles. The average molecular weight is 674 g/mol. The van der Waals surface area contributed by atoms with Gasteiger partial charge in [-0.05, 0) is 47.1 Å². The number of hydrogen-bond donors (Lipinski definition) is 2. The SMILES string of the molecule is Cc1cc(N(CCOCCOCCOCCOCCO)CCOCCOCCOCCOCCO)ccc1/N=N/c1scc[n+]1C. The summed E-state index contributed by atoms with van der Waals surface area (Å²) in [5.41, 5.74) is 2.90. The number of aliphatic hydroxyl groups excluding tert-OH is 2. The Hall–Kier alpha value is -2.15. The first-order valence-corrected chi connectivity index (χ1v) is 16.6. The first-order chi connectivity index (χ1) is 22.7. The van der Waals surface area contributed by atoms with Crippen molar-refractivity contribution in [1.82, 2.24) is 0 Å². The van der Waals surface area contributed by atoms with E-state index in [1.54, 1.807) is 11.3 Å². The van der Waals surface area contributed by atoms with Crippen molar-refractivity contribution in [2.45, 2.75) is 6.92 Å². The van der Waals surface area contributed by atoms with Crippen molar-refractivity contribution in [1.29, 1.82) is 0 Å². The van der Waals surface area contributed by atoms with E-state index in [1.807, 2.05) is 42.2 Å². The fourth-order valence-electron chi connectivity index (χ4n) is 3.84. The van der Waals surface area contributed by atoms with Crippen molar-refractivity contribution < 1.29 is 52.7 Å². The number of thiazole rings is 1. The zero-order valence-electron chi connectivity index (χ0n) is 27.4. The van der Waals surface area contributed by atoms with Crippen molar-refractivity contribution in [3.05, 3.63) is 35.3 Å². The number of anilines is 1. The van der Waals surface area contributed by atoms with Gasteiger partial charge in [-0.1, -0.05) is 0 Å². The van der Waals surface area contributed by atoms with Gasteiger partial charge in [0.05, 0.1) is 131 Å². The molecule has 0 spiro atoms. The second-order valence-corrected chi connectivity index (χ2v) is 10.7. The monoisotopic (exact) mass is 673 g/mol. The molecule has 0 aliphatic carbocycles. The Labute approximate surface area is 276 Å². The highest BCUT2D eigenvalue weighted by Crippen LogP contribution is 2.27. The lowest BCUT2D eigenvalue weighted by atomic mass is 10.1. The normalized spacial score (nSPS) is 11.7. The molecule has 0 saturated heterocycles. The highest BCUT2D eigenvalue weighted by Gasteiger charge is 2.12. The second kappa shape index (κ2) is 27.9. The zero-order valence-corrected chi connectivity index (χ0v) is 28.2. The van der Waals surface area contributed by atoms with E-state index >= 15 is 0 Å². The van der Waals surface area contributed by atoms with Crippen LogP contribution in [0.3, 0.4) is 0 Å². The number of aromatic nitrogens is 1. The van der Waals surface area contributed by atoms with Crippen LogP contribution in [0.25, 0.3) is 0 Å². The van der Waals surface area contributed by atoms with Crippen LogP contribution in [0.1, 0.15) is 5.56 Å². The summed E-state index contributed by atoms with van der Waals surface area (Å²) < 4.78 is 45.9. The van der Waals surface area contributed by atoms with Crippen molar-refractivity contribution in [3.63, 3.8) is 0 Å². The summed E-state index contributed by atoms with van der Waals surface area (Å²) in [6.45, 7) is 10.9. The van der Waals surface area contributed by atoms with Gasteiger partial charge in [0.2, 0.25) is 0 Å². The van der Waals surface area contributed by atoms with Gasteiger partial charge in [-0.2, -0.15) is 0 Å². The first-order valence-electron chi connectivity index (χ1n) is 15.7. The third-order valence-electron chi connectivity index (χ3n) is 6.26. The molecule has 0 amide bonds. The van der Waals surface area contributed by atoms with Gasteiger partial charge in [0.25, 0.3) is 0 Å². The summed E-state index contributed by atoms with van der Waals surface area (Å²) in [4.78, 5) is 2.23. The molecule has 14 nitrogen and oxygen atoms in total. The van der Waals surface area contributed by atoms with Crippen LogP contribution < -0.4 is 9.47 Å². The Bertz CT molecular complexity index is 1000. The number of benzene rings is 1. The van der Waals surface area contributed by atoms with Crippen molar-refractivity contribution in [3.8, 4) is 0 Å². The van der Waals surface area contributed by atoms with Crippen LogP contribution in [0, 0.1) is 6.92 Å². The molecule has 0 radical (unpaired) electrons. The van der Waals surface area contributed by atoms with Gasteiger partial charge in [-0.3, -0.25) is 0 Å². The predicted molar refractivity (Wildman–Crippen MR) is 174 cm³/mol. The van der Waals surface area contributed by atoms with E-state index < -0.39 is 0 Å². The molecule has 0 unspecified atom stereocenters. The smallest absolute Gasteiger partial charge is 0.394 e. The number of ether oxygens (including phenoxy) is 8. The quantitative estimate of drug-likeness (QED) is 0.0690. The summed E-state index contributed by atoms with van der Waals surface area (Å²) in [6.07, 6.45) is 1.96. The molecule has 0 atom stereocenters. The molecule has 262 valence electrons. The van der Waals surface area contributed by atoms with Gasteiger partial charge >= 0.3 is 5.13 Å². The number of rotatable bonds is 31. The maximum Gasteiger partial charge on any atom is 0.408 e. The minimum absolute atomic E-state index is 0.0148. The van der Waals surface area contributed by atoms with Gasteiger partial charge < -0.3 is 53.0 Å². The molecule has 0 aliphatic heterocycles. The summed E-state index contributed by atoms with van der Waals surface area (Å²) in [6, 6.07) is 6.14. The van der Waals surface area contributed by atoms with Gasteiger partial charge in [-0.15, -0.1) is 0 Å². The van der Waals surface area contributed by atoms with Crippen molar-refractivity contribution in [2.24, 2.45) is 17.3 Å². The lowest BCUT2D eigenvalue weighted by molar-refractivity contribution is -0.654. The molecule has 2 N–H and O–H groups in total. The summed E-state index contributed by atoms with van der Waals surface area (Å²) in [7, 11) is 1.95. The van der Waals surface area contributed by atoms with Gasteiger partial charge in [-0.25, -0.2) is 4.57 Å². The lowest BCUT2D eigenvalue weighted by Crippen LogP contribution is -2.31. The molecular weight excluding hydrogens is 620 g/mol. The van der Waals surface area contributed by atoms with Crippen LogP contribution in [0.2, 0.25) is 0 Å². The Morgan fingerprint density at radius 3 is 1.46 bits per heavy atom. The molecule has 1 aromatic heterocycles. The van der Waals surface area contributed by atoms with Crippen LogP contribution in [-0.2, 0) is 44.9 Å². The van der Waals surface area contributed by atoms with Gasteiger partial charge in [0.1, 0.15) is 11.9 Å². The first kappa shape index (κ1) is 40.0. The maximum absolute atomic E-state index is 8.68. The predicted octanol–water partition coefficient (Wildman–Crippen LogP) is 2.22. The number of nitrogens with zero attached hydrogens (tertiary/aromatic N) is 4. The Morgan fingerprint density at radius 2 is 1.07 bits per heavy atom. The van der Waals surface area contributed by atoms with E-state index in [2.05, 4.69) is 21.2 Å². The highest BCUT2D eigenvalue weighted by molar-refractivity contribution is 7.12. The fourth-order valence-corrected chi connectivity index (χ4v) is 4.52. The van der Waals surface area contributed by atoms with E-state index in [4.69, 9.17) is 48.1 Å². The minimum atomic E-state index is 0.0148. The van der Waals surface area contributed by atoms with E-state index in [0.717, 1.165) is 22.1 Å². The van der Waals surface area contributed by atoms with E-state index in [1.165, 1.54) is 0 Å². The summed E-state index contributed by atoms with van der Waals surface area (Å²) >= 11 is 1.54. The summed E-state index contributed by atoms with van der Waals surface area (Å²) in [5.74, 6) is 0.